The molecule has 0 aliphatic carbocycles. The van der Waals surface area contributed by atoms with E-state index in [1.165, 1.54) is 14.2 Å². The first-order chi connectivity index (χ1) is 12.5. The summed E-state index contributed by atoms with van der Waals surface area (Å²) in [7, 11) is 4.58. The topological polar surface area (TPSA) is 71.1 Å². The number of hydrogen-bond acceptors (Lipinski definition) is 6. The first-order valence-corrected chi connectivity index (χ1v) is 8.02. The SMILES string of the molecule is COc1cc(CC(=O)OCC(=O)c2ccc(OC)c(OC)c2)ccc1C. The molecule has 0 aliphatic heterocycles. The molecule has 0 aromatic heterocycles. The highest BCUT2D eigenvalue weighted by molar-refractivity contribution is 5.98. The van der Waals surface area contributed by atoms with Gasteiger partial charge in [-0.15, -0.1) is 0 Å². The average Bonchev–Trinajstić information content (AvgIpc) is 2.66. The summed E-state index contributed by atoms with van der Waals surface area (Å²) in [5.74, 6) is 0.869. The molecule has 2 rings (SSSR count). The second kappa shape index (κ2) is 8.89. The van der Waals surface area contributed by atoms with Gasteiger partial charge in [-0.25, -0.2) is 0 Å². The summed E-state index contributed by atoms with van der Waals surface area (Å²) < 4.78 is 20.6. The molecular weight excluding hydrogens is 336 g/mol. The first-order valence-electron chi connectivity index (χ1n) is 8.02. The molecule has 0 N–H and O–H groups in total. The summed E-state index contributed by atoms with van der Waals surface area (Å²) in [6, 6.07) is 10.3. The van der Waals surface area contributed by atoms with E-state index in [4.69, 9.17) is 18.9 Å². The predicted octanol–water partition coefficient (Wildman–Crippen LogP) is 2.99. The molecule has 0 fully saturated rings. The van der Waals surface area contributed by atoms with Crippen LogP contribution in [0, 0.1) is 6.92 Å². The Morgan fingerprint density at radius 1 is 0.846 bits per heavy atom. The molecule has 0 aliphatic rings. The van der Waals surface area contributed by atoms with Crippen LogP contribution >= 0.6 is 0 Å². The predicted molar refractivity (Wildman–Crippen MR) is 96.3 cm³/mol. The first kappa shape index (κ1) is 19.3. The van der Waals surface area contributed by atoms with Crippen molar-refractivity contribution < 1.29 is 28.5 Å². The van der Waals surface area contributed by atoms with E-state index in [9.17, 15) is 9.59 Å². The Morgan fingerprint density at radius 2 is 1.54 bits per heavy atom. The van der Waals surface area contributed by atoms with Crippen LogP contribution in [0.5, 0.6) is 17.2 Å². The number of rotatable bonds is 8. The fourth-order valence-electron chi connectivity index (χ4n) is 2.43. The number of carbonyl (C=O) groups excluding carboxylic acids is 2. The van der Waals surface area contributed by atoms with Gasteiger partial charge in [-0.2, -0.15) is 0 Å². The van der Waals surface area contributed by atoms with Crippen molar-refractivity contribution in [2.45, 2.75) is 13.3 Å². The quantitative estimate of drug-likeness (QED) is 0.534. The van der Waals surface area contributed by atoms with Crippen molar-refractivity contribution in [3.63, 3.8) is 0 Å². The molecule has 0 radical (unpaired) electrons. The van der Waals surface area contributed by atoms with E-state index >= 15 is 0 Å². The molecule has 0 atom stereocenters. The molecule has 0 unspecified atom stereocenters. The molecule has 6 heteroatoms. The molecule has 2 aromatic rings. The Kier molecular flexibility index (Phi) is 6.60. The number of methoxy groups -OCH3 is 3. The Labute approximate surface area is 152 Å². The summed E-state index contributed by atoms with van der Waals surface area (Å²) in [6.45, 7) is 1.58. The normalized spacial score (nSPS) is 10.2. The van der Waals surface area contributed by atoms with E-state index in [2.05, 4.69) is 0 Å². The Balaban J connectivity index is 1.95. The minimum Gasteiger partial charge on any atom is -0.496 e. The van der Waals surface area contributed by atoms with Crippen molar-refractivity contribution in [2.24, 2.45) is 0 Å². The fraction of sp³-hybridized carbons (Fsp3) is 0.300. The molecule has 0 saturated heterocycles. The molecule has 26 heavy (non-hydrogen) atoms. The highest BCUT2D eigenvalue weighted by atomic mass is 16.5. The van der Waals surface area contributed by atoms with Crippen molar-refractivity contribution in [3.8, 4) is 17.2 Å². The third-order valence-corrected chi connectivity index (χ3v) is 3.89. The molecule has 138 valence electrons. The third kappa shape index (κ3) is 4.75. The summed E-state index contributed by atoms with van der Waals surface area (Å²) in [6.07, 6.45) is 0.0653. The van der Waals surface area contributed by atoms with Crippen LogP contribution < -0.4 is 14.2 Å². The van der Waals surface area contributed by atoms with Crippen molar-refractivity contribution in [1.82, 2.24) is 0 Å². The van der Waals surface area contributed by atoms with E-state index < -0.39 is 5.97 Å². The number of aryl methyl sites for hydroxylation is 1. The monoisotopic (exact) mass is 358 g/mol. The highest BCUT2D eigenvalue weighted by Gasteiger charge is 2.14. The van der Waals surface area contributed by atoms with Crippen LogP contribution in [0.2, 0.25) is 0 Å². The summed E-state index contributed by atoms with van der Waals surface area (Å²) in [4.78, 5) is 24.2. The maximum Gasteiger partial charge on any atom is 0.310 e. The number of ether oxygens (including phenoxy) is 4. The van der Waals surface area contributed by atoms with Crippen LogP contribution in [0.4, 0.5) is 0 Å². The molecule has 0 saturated carbocycles. The van der Waals surface area contributed by atoms with Gasteiger partial charge in [0, 0.05) is 5.56 Å². The lowest BCUT2D eigenvalue weighted by molar-refractivity contribution is -0.141. The van der Waals surface area contributed by atoms with Gasteiger partial charge in [-0.05, 0) is 42.3 Å². The smallest absolute Gasteiger partial charge is 0.310 e. The van der Waals surface area contributed by atoms with E-state index in [1.54, 1.807) is 31.4 Å². The van der Waals surface area contributed by atoms with Crippen molar-refractivity contribution in [1.29, 1.82) is 0 Å². The van der Waals surface area contributed by atoms with Gasteiger partial charge in [0.2, 0.25) is 0 Å². The molecule has 0 amide bonds. The van der Waals surface area contributed by atoms with Gasteiger partial charge in [0.15, 0.2) is 23.9 Å². The second-order valence-corrected chi connectivity index (χ2v) is 5.63. The van der Waals surface area contributed by atoms with Gasteiger partial charge >= 0.3 is 5.97 Å². The molecule has 2 aromatic carbocycles. The largest absolute Gasteiger partial charge is 0.496 e. The Bertz CT molecular complexity index is 797. The van der Waals surface area contributed by atoms with Gasteiger partial charge < -0.3 is 18.9 Å². The number of esters is 1. The minimum atomic E-state index is -0.482. The van der Waals surface area contributed by atoms with Crippen molar-refractivity contribution in [3.05, 3.63) is 53.1 Å². The highest BCUT2D eigenvalue weighted by Crippen LogP contribution is 2.27. The summed E-state index contributed by atoms with van der Waals surface area (Å²) in [5, 5.41) is 0. The number of benzene rings is 2. The van der Waals surface area contributed by atoms with Gasteiger partial charge in [0.25, 0.3) is 0 Å². The van der Waals surface area contributed by atoms with Crippen LogP contribution in [0.15, 0.2) is 36.4 Å². The van der Waals surface area contributed by atoms with Crippen LogP contribution in [0.3, 0.4) is 0 Å². The Hall–Kier alpha value is -3.02. The average molecular weight is 358 g/mol. The molecule has 0 bridgehead atoms. The minimum absolute atomic E-state index is 0.0653. The standard InChI is InChI=1S/C20H22O6/c1-13-5-6-14(9-18(13)24-3)10-20(22)26-12-16(21)15-7-8-17(23-2)19(11-15)25-4/h5-9,11H,10,12H2,1-4H3. The number of carbonyl (C=O) groups is 2. The lowest BCUT2D eigenvalue weighted by Gasteiger charge is -2.10. The number of Topliss-reactive ketones (excluding diaryl/α,β-unsaturated/α-hetero) is 1. The zero-order valence-electron chi connectivity index (χ0n) is 15.3. The fourth-order valence-corrected chi connectivity index (χ4v) is 2.43. The van der Waals surface area contributed by atoms with Crippen LogP contribution in [-0.2, 0) is 16.0 Å². The second-order valence-electron chi connectivity index (χ2n) is 5.63. The summed E-state index contributed by atoms with van der Waals surface area (Å²) >= 11 is 0. The van der Waals surface area contributed by atoms with E-state index in [0.29, 0.717) is 22.8 Å². The molecular formula is C20H22O6. The van der Waals surface area contributed by atoms with Gasteiger partial charge in [-0.3, -0.25) is 9.59 Å². The maximum atomic E-state index is 12.2. The van der Waals surface area contributed by atoms with E-state index in [0.717, 1.165) is 11.1 Å². The molecule has 0 spiro atoms. The maximum absolute atomic E-state index is 12.2. The third-order valence-electron chi connectivity index (χ3n) is 3.89. The lowest BCUT2D eigenvalue weighted by atomic mass is 10.1. The zero-order valence-corrected chi connectivity index (χ0v) is 15.3. The lowest BCUT2D eigenvalue weighted by Crippen LogP contribution is -2.16. The Morgan fingerprint density at radius 3 is 2.19 bits per heavy atom. The van der Waals surface area contributed by atoms with Crippen molar-refractivity contribution in [2.75, 3.05) is 27.9 Å². The number of hydrogen-bond donors (Lipinski definition) is 0. The molecule has 0 heterocycles. The van der Waals surface area contributed by atoms with Crippen LogP contribution in [0.1, 0.15) is 21.5 Å². The number of ketones is 1. The van der Waals surface area contributed by atoms with E-state index in [1.807, 2.05) is 19.1 Å². The van der Waals surface area contributed by atoms with Gasteiger partial charge in [0.1, 0.15) is 5.75 Å². The van der Waals surface area contributed by atoms with Crippen molar-refractivity contribution >= 4 is 11.8 Å². The summed E-state index contributed by atoms with van der Waals surface area (Å²) in [5.41, 5.74) is 2.12. The van der Waals surface area contributed by atoms with Crippen LogP contribution in [0.25, 0.3) is 0 Å². The van der Waals surface area contributed by atoms with E-state index in [-0.39, 0.29) is 18.8 Å². The van der Waals surface area contributed by atoms with Gasteiger partial charge in [0.05, 0.1) is 27.8 Å². The van der Waals surface area contributed by atoms with Gasteiger partial charge in [-0.1, -0.05) is 12.1 Å². The molecule has 6 nitrogen and oxygen atoms in total. The zero-order chi connectivity index (χ0) is 19.1. The van der Waals surface area contributed by atoms with Crippen LogP contribution in [-0.4, -0.2) is 39.7 Å².